The molecule has 3 heterocycles. The molecule has 2 aromatic heterocycles. The van der Waals surface area contributed by atoms with Crippen LogP contribution in [0, 0.1) is 0 Å². The Hall–Kier alpha value is -2.22. The molecule has 0 atom stereocenters. The summed E-state index contributed by atoms with van der Waals surface area (Å²) in [6, 6.07) is 14.1. The quantitative estimate of drug-likeness (QED) is 0.640. The van der Waals surface area contributed by atoms with Gasteiger partial charge >= 0.3 is 0 Å². The van der Waals surface area contributed by atoms with E-state index in [1.807, 2.05) is 52.7 Å². The lowest BCUT2D eigenvalue weighted by Crippen LogP contribution is -2.46. The van der Waals surface area contributed by atoms with Crippen LogP contribution in [0.25, 0.3) is 16.4 Å². The summed E-state index contributed by atoms with van der Waals surface area (Å²) in [5, 5.41) is 10.0. The van der Waals surface area contributed by atoms with Gasteiger partial charge in [-0.1, -0.05) is 31.2 Å². The van der Waals surface area contributed by atoms with Crippen LogP contribution in [-0.4, -0.2) is 51.2 Å². The summed E-state index contributed by atoms with van der Waals surface area (Å²) in [6.07, 6.45) is 2.87. The molecular weight excluding hydrogens is 406 g/mol. The number of nitrogens with zero attached hydrogens (tertiary/aromatic N) is 4. The minimum absolute atomic E-state index is 0. The van der Waals surface area contributed by atoms with Gasteiger partial charge in [0.2, 0.25) is 5.82 Å². The van der Waals surface area contributed by atoms with E-state index >= 15 is 0 Å². The summed E-state index contributed by atoms with van der Waals surface area (Å²) in [5.41, 5.74) is 0.904. The van der Waals surface area contributed by atoms with Crippen LogP contribution < -0.4 is 5.32 Å². The van der Waals surface area contributed by atoms with Crippen LogP contribution in [0.15, 0.2) is 47.8 Å². The summed E-state index contributed by atoms with van der Waals surface area (Å²) >= 11 is 1.60. The number of carbonyl (C=O) groups is 1. The van der Waals surface area contributed by atoms with Crippen molar-refractivity contribution in [3.63, 3.8) is 0 Å². The Bertz CT molecular complexity index is 907. The number of carbonyl (C=O) groups excluding carboxylic acids is 1. The van der Waals surface area contributed by atoms with Gasteiger partial charge in [0.1, 0.15) is 0 Å². The second-order valence-corrected chi connectivity index (χ2v) is 7.91. The first-order valence-corrected chi connectivity index (χ1v) is 10.7. The highest BCUT2D eigenvalue weighted by molar-refractivity contribution is 7.13. The van der Waals surface area contributed by atoms with Gasteiger partial charge in [-0.2, -0.15) is 0 Å². The molecule has 1 N–H and O–H groups in total. The third kappa shape index (κ3) is 4.69. The molecular formula is C21H26ClN5OS. The number of hydrogen-bond donors (Lipinski definition) is 1. The van der Waals surface area contributed by atoms with E-state index < -0.39 is 0 Å². The number of thiophene rings is 1. The van der Waals surface area contributed by atoms with E-state index in [4.69, 9.17) is 0 Å². The predicted molar refractivity (Wildman–Crippen MR) is 119 cm³/mol. The SMILES string of the molecule is CCCN(C(=O)c1nc(-c2cccs2)n(-c2ccccc2)n1)C1CCNCC1.Cl. The maximum absolute atomic E-state index is 13.4. The average Bonchev–Trinajstić information content (AvgIpc) is 3.42. The van der Waals surface area contributed by atoms with Gasteiger partial charge in [0, 0.05) is 12.6 Å². The Morgan fingerprint density at radius 1 is 1.21 bits per heavy atom. The lowest BCUT2D eigenvalue weighted by Gasteiger charge is -2.33. The van der Waals surface area contributed by atoms with Gasteiger partial charge in [-0.3, -0.25) is 4.79 Å². The van der Waals surface area contributed by atoms with Gasteiger partial charge in [-0.25, -0.2) is 9.67 Å². The van der Waals surface area contributed by atoms with Crippen molar-refractivity contribution in [3.05, 3.63) is 53.7 Å². The highest BCUT2D eigenvalue weighted by atomic mass is 35.5. The molecule has 3 aromatic rings. The lowest BCUT2D eigenvalue weighted by atomic mass is 10.0. The molecule has 4 rings (SSSR count). The minimum atomic E-state index is -0.0683. The van der Waals surface area contributed by atoms with Gasteiger partial charge in [0.25, 0.3) is 5.91 Å². The van der Waals surface area contributed by atoms with Crippen LogP contribution >= 0.6 is 23.7 Å². The van der Waals surface area contributed by atoms with Crippen molar-refractivity contribution in [2.45, 2.75) is 32.2 Å². The number of rotatable bonds is 6. The zero-order chi connectivity index (χ0) is 19.3. The Balaban J connectivity index is 0.00000240. The second-order valence-electron chi connectivity index (χ2n) is 6.96. The van der Waals surface area contributed by atoms with Crippen molar-refractivity contribution in [2.24, 2.45) is 0 Å². The molecule has 1 saturated heterocycles. The van der Waals surface area contributed by atoms with Crippen molar-refractivity contribution in [2.75, 3.05) is 19.6 Å². The van der Waals surface area contributed by atoms with Gasteiger partial charge in [0.15, 0.2) is 5.82 Å². The molecule has 1 aliphatic rings. The number of hydrogen-bond acceptors (Lipinski definition) is 5. The van der Waals surface area contributed by atoms with E-state index in [1.54, 1.807) is 16.0 Å². The molecule has 0 saturated carbocycles. The fourth-order valence-electron chi connectivity index (χ4n) is 3.65. The smallest absolute Gasteiger partial charge is 0.293 e. The van der Waals surface area contributed by atoms with Crippen LogP contribution in [0.5, 0.6) is 0 Å². The van der Waals surface area contributed by atoms with Crippen molar-refractivity contribution >= 4 is 29.7 Å². The monoisotopic (exact) mass is 431 g/mol. The normalized spacial score (nSPS) is 14.4. The van der Waals surface area contributed by atoms with Gasteiger partial charge in [-0.15, -0.1) is 28.8 Å². The second kappa shape index (κ2) is 10.0. The molecule has 29 heavy (non-hydrogen) atoms. The van der Waals surface area contributed by atoms with Crippen molar-refractivity contribution in [1.82, 2.24) is 25.0 Å². The first kappa shape index (κ1) is 21.5. The Morgan fingerprint density at radius 2 is 1.97 bits per heavy atom. The maximum atomic E-state index is 13.4. The number of para-hydroxylation sites is 1. The summed E-state index contributed by atoms with van der Waals surface area (Å²) < 4.78 is 1.78. The number of piperidine rings is 1. The Kier molecular flexibility index (Phi) is 7.41. The van der Waals surface area contributed by atoms with Gasteiger partial charge in [-0.05, 0) is 55.9 Å². The van der Waals surface area contributed by atoms with Gasteiger partial charge < -0.3 is 10.2 Å². The highest BCUT2D eigenvalue weighted by Crippen LogP contribution is 2.26. The van der Waals surface area contributed by atoms with Crippen LogP contribution in [0.4, 0.5) is 0 Å². The van der Waals surface area contributed by atoms with Crippen molar-refractivity contribution in [1.29, 1.82) is 0 Å². The van der Waals surface area contributed by atoms with Crippen LogP contribution in [0.1, 0.15) is 36.8 Å². The Labute approximate surface area is 181 Å². The standard InChI is InChI=1S/C21H25N5OS.ClH/c1-2-14-25(16-10-12-22-13-11-16)21(27)19-23-20(18-9-6-15-28-18)26(24-19)17-7-4-3-5-8-17;/h3-9,15-16,22H,2,10-14H2,1H3;1H. The topological polar surface area (TPSA) is 63.1 Å². The first-order valence-electron chi connectivity index (χ1n) is 9.86. The largest absolute Gasteiger partial charge is 0.333 e. The third-order valence-electron chi connectivity index (χ3n) is 5.02. The number of aromatic nitrogens is 3. The minimum Gasteiger partial charge on any atom is -0.333 e. The fraction of sp³-hybridized carbons (Fsp3) is 0.381. The molecule has 0 unspecified atom stereocenters. The molecule has 8 heteroatoms. The fourth-order valence-corrected chi connectivity index (χ4v) is 4.35. The highest BCUT2D eigenvalue weighted by Gasteiger charge is 2.29. The zero-order valence-electron chi connectivity index (χ0n) is 16.5. The van der Waals surface area contributed by atoms with Crippen LogP contribution in [-0.2, 0) is 0 Å². The third-order valence-corrected chi connectivity index (χ3v) is 5.88. The lowest BCUT2D eigenvalue weighted by molar-refractivity contribution is 0.0630. The molecule has 0 spiro atoms. The first-order chi connectivity index (χ1) is 13.8. The summed E-state index contributed by atoms with van der Waals surface area (Å²) in [7, 11) is 0. The number of amides is 1. The predicted octanol–water partition coefficient (Wildman–Crippen LogP) is 4.02. The summed E-state index contributed by atoms with van der Waals surface area (Å²) in [4.78, 5) is 21.0. The molecule has 1 amide bonds. The van der Waals surface area contributed by atoms with Crippen LogP contribution in [0.3, 0.4) is 0 Å². The van der Waals surface area contributed by atoms with Crippen LogP contribution in [0.2, 0.25) is 0 Å². The van der Waals surface area contributed by atoms with Crippen molar-refractivity contribution < 1.29 is 4.79 Å². The van der Waals surface area contributed by atoms with E-state index in [2.05, 4.69) is 22.3 Å². The van der Waals surface area contributed by atoms with E-state index in [1.165, 1.54) is 0 Å². The average molecular weight is 432 g/mol. The molecule has 0 radical (unpaired) electrons. The van der Waals surface area contributed by atoms with E-state index in [0.29, 0.717) is 5.82 Å². The van der Waals surface area contributed by atoms with E-state index in [-0.39, 0.29) is 30.2 Å². The molecule has 1 aliphatic heterocycles. The summed E-state index contributed by atoms with van der Waals surface area (Å²) in [6.45, 7) is 4.74. The van der Waals surface area contributed by atoms with Gasteiger partial charge in [0.05, 0.1) is 10.6 Å². The number of halogens is 1. The molecule has 6 nitrogen and oxygen atoms in total. The molecule has 154 valence electrons. The molecule has 0 aliphatic carbocycles. The zero-order valence-corrected chi connectivity index (χ0v) is 18.1. The number of benzene rings is 1. The maximum Gasteiger partial charge on any atom is 0.293 e. The molecule has 1 fully saturated rings. The van der Waals surface area contributed by atoms with E-state index in [0.717, 1.165) is 49.5 Å². The van der Waals surface area contributed by atoms with Crippen molar-refractivity contribution in [3.8, 4) is 16.4 Å². The van der Waals surface area contributed by atoms with E-state index in [9.17, 15) is 4.79 Å². The molecule has 1 aromatic carbocycles. The molecule has 0 bridgehead atoms. The summed E-state index contributed by atoms with van der Waals surface area (Å²) in [5.74, 6) is 0.923. The number of nitrogens with one attached hydrogen (secondary N) is 1. The Morgan fingerprint density at radius 3 is 2.62 bits per heavy atom.